The van der Waals surface area contributed by atoms with Crippen molar-refractivity contribution in [2.24, 2.45) is 0 Å². The molecule has 0 bridgehead atoms. The van der Waals surface area contributed by atoms with Crippen molar-refractivity contribution in [3.63, 3.8) is 0 Å². The van der Waals surface area contributed by atoms with Gasteiger partial charge in [0.2, 0.25) is 0 Å². The topological polar surface area (TPSA) is 64.0 Å². The summed E-state index contributed by atoms with van der Waals surface area (Å²) in [4.78, 5) is 0.219. The second-order valence-corrected chi connectivity index (χ2v) is 7.91. The van der Waals surface area contributed by atoms with Crippen molar-refractivity contribution < 1.29 is 8.42 Å². The number of benzene rings is 2. The highest BCUT2D eigenvalue weighted by Crippen LogP contribution is 2.21. The van der Waals surface area contributed by atoms with E-state index in [1.807, 2.05) is 37.3 Å². The molecule has 0 atom stereocenters. The number of rotatable bonds is 4. The fourth-order valence-electron chi connectivity index (χ4n) is 2.15. The molecule has 1 heterocycles. The molecule has 7 heteroatoms. The number of aromatic nitrogens is 2. The molecule has 0 saturated carbocycles. The Morgan fingerprint density at radius 3 is 2.35 bits per heavy atom. The Hall–Kier alpha value is -1.87. The van der Waals surface area contributed by atoms with E-state index in [1.165, 1.54) is 0 Å². The predicted octanol–water partition coefficient (Wildman–Crippen LogP) is 3.59. The van der Waals surface area contributed by atoms with Crippen molar-refractivity contribution in [3.8, 4) is 5.69 Å². The third kappa shape index (κ3) is 3.56. The normalized spacial score (nSPS) is 11.4. The van der Waals surface area contributed by atoms with Crippen LogP contribution in [0.1, 0.15) is 5.69 Å². The molecule has 1 aromatic heterocycles. The predicted molar refractivity (Wildman–Crippen MR) is 98.3 cm³/mol. The lowest BCUT2D eigenvalue weighted by atomic mass is 10.3. The van der Waals surface area contributed by atoms with Gasteiger partial charge in [-0.25, -0.2) is 13.1 Å². The summed E-state index contributed by atoms with van der Waals surface area (Å²) in [5, 5.41) is 4.36. The van der Waals surface area contributed by atoms with Crippen molar-refractivity contribution >= 4 is 38.4 Å². The number of anilines is 1. The maximum absolute atomic E-state index is 12.6. The van der Waals surface area contributed by atoms with Crippen molar-refractivity contribution in [1.29, 1.82) is 0 Å². The summed E-state index contributed by atoms with van der Waals surface area (Å²) in [6, 6.07) is 17.8. The summed E-state index contributed by atoms with van der Waals surface area (Å²) >= 11 is 2.14. The zero-order valence-corrected chi connectivity index (χ0v) is 15.2. The molecule has 0 spiro atoms. The van der Waals surface area contributed by atoms with Crippen LogP contribution >= 0.6 is 22.6 Å². The second kappa shape index (κ2) is 6.32. The fraction of sp³-hybridized carbons (Fsp3) is 0.0625. The van der Waals surface area contributed by atoms with Crippen molar-refractivity contribution in [2.75, 3.05) is 4.72 Å². The minimum Gasteiger partial charge on any atom is -0.263 e. The first-order valence-electron chi connectivity index (χ1n) is 6.86. The first kappa shape index (κ1) is 16.0. The van der Waals surface area contributed by atoms with Crippen LogP contribution in [0.2, 0.25) is 0 Å². The van der Waals surface area contributed by atoms with Gasteiger partial charge in [0.05, 0.1) is 16.3 Å². The first-order valence-corrected chi connectivity index (χ1v) is 9.42. The van der Waals surface area contributed by atoms with Crippen LogP contribution in [0.4, 0.5) is 5.82 Å². The van der Waals surface area contributed by atoms with E-state index in [0.29, 0.717) is 5.82 Å². The van der Waals surface area contributed by atoms with Crippen LogP contribution in [-0.2, 0) is 10.0 Å². The summed E-state index contributed by atoms with van der Waals surface area (Å²) in [7, 11) is -3.66. The highest BCUT2D eigenvalue weighted by molar-refractivity contribution is 14.1. The van der Waals surface area contributed by atoms with Gasteiger partial charge in [-0.15, -0.1) is 0 Å². The van der Waals surface area contributed by atoms with Gasteiger partial charge in [0, 0.05) is 9.64 Å². The van der Waals surface area contributed by atoms with E-state index in [9.17, 15) is 8.42 Å². The number of nitrogens with one attached hydrogen (secondary N) is 1. The molecule has 0 fully saturated rings. The monoisotopic (exact) mass is 439 g/mol. The van der Waals surface area contributed by atoms with E-state index < -0.39 is 10.0 Å². The zero-order chi connectivity index (χ0) is 16.4. The summed E-state index contributed by atoms with van der Waals surface area (Å²) < 4.78 is 30.3. The Morgan fingerprint density at radius 1 is 1.04 bits per heavy atom. The van der Waals surface area contributed by atoms with Gasteiger partial charge in [-0.3, -0.25) is 4.72 Å². The minimum absolute atomic E-state index is 0.219. The molecule has 0 aliphatic heterocycles. The molecule has 5 nitrogen and oxygen atoms in total. The number of halogens is 1. The Morgan fingerprint density at radius 2 is 1.70 bits per heavy atom. The number of nitrogens with zero attached hydrogens (tertiary/aromatic N) is 2. The third-order valence-electron chi connectivity index (χ3n) is 3.20. The Balaban J connectivity index is 1.99. The molecule has 0 amide bonds. The third-order valence-corrected chi connectivity index (χ3v) is 5.28. The lowest BCUT2D eigenvalue weighted by Gasteiger charge is -2.10. The molecule has 2 aromatic carbocycles. The molecule has 0 unspecified atom stereocenters. The molecule has 3 aromatic rings. The van der Waals surface area contributed by atoms with Crippen molar-refractivity contribution in [2.45, 2.75) is 11.8 Å². The van der Waals surface area contributed by atoms with Gasteiger partial charge in [-0.2, -0.15) is 5.10 Å². The van der Waals surface area contributed by atoms with Gasteiger partial charge in [0.15, 0.2) is 0 Å². The molecular formula is C16H14IN3O2S. The van der Waals surface area contributed by atoms with E-state index in [2.05, 4.69) is 32.4 Å². The maximum Gasteiger partial charge on any atom is 0.263 e. The number of hydrogen-bond donors (Lipinski definition) is 1. The summed E-state index contributed by atoms with van der Waals surface area (Å²) in [5.41, 5.74) is 1.52. The number of hydrogen-bond acceptors (Lipinski definition) is 3. The Bertz CT molecular complexity index is 920. The molecule has 118 valence electrons. The van der Waals surface area contributed by atoms with Gasteiger partial charge >= 0.3 is 0 Å². The van der Waals surface area contributed by atoms with Gasteiger partial charge in [0.1, 0.15) is 5.82 Å². The fourth-order valence-corrected chi connectivity index (χ4v) is 3.54. The van der Waals surface area contributed by atoms with E-state index >= 15 is 0 Å². The average molecular weight is 439 g/mol. The van der Waals surface area contributed by atoms with E-state index in [1.54, 1.807) is 35.0 Å². The number of sulfonamides is 1. The molecule has 0 radical (unpaired) electrons. The van der Waals surface area contributed by atoms with Gasteiger partial charge < -0.3 is 0 Å². The van der Waals surface area contributed by atoms with Crippen LogP contribution in [0.25, 0.3) is 5.69 Å². The lowest BCUT2D eigenvalue weighted by Crippen LogP contribution is -2.15. The molecule has 23 heavy (non-hydrogen) atoms. The summed E-state index contributed by atoms with van der Waals surface area (Å²) in [6.07, 6.45) is 0. The minimum atomic E-state index is -3.66. The second-order valence-electron chi connectivity index (χ2n) is 4.98. The maximum atomic E-state index is 12.6. The SMILES string of the molecule is Cc1cc(NS(=O)(=O)c2ccc(I)cc2)n(-c2ccccc2)n1. The van der Waals surface area contributed by atoms with E-state index in [4.69, 9.17) is 0 Å². The molecule has 0 saturated heterocycles. The molecule has 1 N–H and O–H groups in total. The molecule has 0 aliphatic carbocycles. The standard InChI is InChI=1S/C16H14IN3O2S/c1-12-11-16(20(18-12)14-5-3-2-4-6-14)19-23(21,22)15-9-7-13(17)8-10-15/h2-11,19H,1H3. The Labute approximate surface area is 148 Å². The average Bonchev–Trinajstić information content (AvgIpc) is 2.88. The Kier molecular flexibility index (Phi) is 4.40. The van der Waals surface area contributed by atoms with Gasteiger partial charge in [-0.1, -0.05) is 18.2 Å². The lowest BCUT2D eigenvalue weighted by molar-refractivity contribution is 0.600. The van der Waals surface area contributed by atoms with Crippen LogP contribution in [0.5, 0.6) is 0 Å². The van der Waals surface area contributed by atoms with Crippen LogP contribution in [0.3, 0.4) is 0 Å². The van der Waals surface area contributed by atoms with Crippen LogP contribution in [-0.4, -0.2) is 18.2 Å². The number of aryl methyl sites for hydroxylation is 1. The van der Waals surface area contributed by atoms with Crippen molar-refractivity contribution in [3.05, 3.63) is 69.9 Å². The summed E-state index contributed by atoms with van der Waals surface area (Å²) in [5.74, 6) is 0.409. The molecule has 3 rings (SSSR count). The highest BCUT2D eigenvalue weighted by Gasteiger charge is 2.17. The summed E-state index contributed by atoms with van der Waals surface area (Å²) in [6.45, 7) is 1.82. The van der Waals surface area contributed by atoms with E-state index in [-0.39, 0.29) is 4.90 Å². The smallest absolute Gasteiger partial charge is 0.263 e. The van der Waals surface area contributed by atoms with Crippen LogP contribution in [0, 0.1) is 10.5 Å². The van der Waals surface area contributed by atoms with Crippen LogP contribution < -0.4 is 4.72 Å². The van der Waals surface area contributed by atoms with Crippen molar-refractivity contribution in [1.82, 2.24) is 9.78 Å². The molecule has 0 aliphatic rings. The van der Waals surface area contributed by atoms with Gasteiger partial charge in [0.25, 0.3) is 10.0 Å². The first-order chi connectivity index (χ1) is 11.0. The number of para-hydroxylation sites is 1. The van der Waals surface area contributed by atoms with Crippen LogP contribution in [0.15, 0.2) is 65.6 Å². The highest BCUT2D eigenvalue weighted by atomic mass is 127. The largest absolute Gasteiger partial charge is 0.263 e. The molecular weight excluding hydrogens is 425 g/mol. The zero-order valence-electron chi connectivity index (χ0n) is 12.3. The quantitative estimate of drug-likeness (QED) is 0.633. The van der Waals surface area contributed by atoms with Gasteiger partial charge in [-0.05, 0) is 65.9 Å². The van der Waals surface area contributed by atoms with E-state index in [0.717, 1.165) is 15.0 Å².